The van der Waals surface area contributed by atoms with Crippen LogP contribution in [-0.4, -0.2) is 10.2 Å². The highest BCUT2D eigenvalue weighted by atomic mass is 16.3. The quantitative estimate of drug-likeness (QED) is 0.277. The zero-order chi connectivity index (χ0) is 17.9. The molecule has 0 saturated carbocycles. The lowest BCUT2D eigenvalue weighted by molar-refractivity contribution is 0.475. The maximum Gasteiger partial charge on any atom is 0.138 e. The summed E-state index contributed by atoms with van der Waals surface area (Å²) in [5.41, 5.74) is 23.8. The van der Waals surface area contributed by atoms with Crippen LogP contribution in [0.15, 0.2) is 72.8 Å². The molecular formula is C18H22N4O2. The summed E-state index contributed by atoms with van der Waals surface area (Å²) in [6, 6.07) is 20.3. The van der Waals surface area contributed by atoms with Gasteiger partial charge in [-0.1, -0.05) is 18.2 Å². The van der Waals surface area contributed by atoms with Crippen LogP contribution in [0.1, 0.15) is 0 Å². The molecular weight excluding hydrogens is 304 g/mol. The summed E-state index contributed by atoms with van der Waals surface area (Å²) in [7, 11) is 0. The lowest BCUT2D eigenvalue weighted by Crippen LogP contribution is -1.86. The number of aromatic hydroxyl groups is 2. The molecule has 0 fully saturated rings. The van der Waals surface area contributed by atoms with Gasteiger partial charge < -0.3 is 33.1 Å². The lowest BCUT2D eigenvalue weighted by atomic mass is 10.3. The van der Waals surface area contributed by atoms with Crippen molar-refractivity contribution >= 4 is 22.7 Å². The van der Waals surface area contributed by atoms with Crippen molar-refractivity contribution in [2.75, 3.05) is 22.9 Å². The van der Waals surface area contributed by atoms with E-state index in [0.717, 1.165) is 11.4 Å². The Morgan fingerprint density at radius 3 is 1.42 bits per heavy atom. The highest BCUT2D eigenvalue weighted by Gasteiger charge is 1.87. The zero-order valence-corrected chi connectivity index (χ0v) is 13.1. The van der Waals surface area contributed by atoms with Crippen LogP contribution >= 0.6 is 0 Å². The van der Waals surface area contributed by atoms with Gasteiger partial charge in [-0.3, -0.25) is 0 Å². The van der Waals surface area contributed by atoms with Crippen LogP contribution in [0.2, 0.25) is 0 Å². The average Bonchev–Trinajstić information content (AvgIpc) is 2.54. The Balaban J connectivity index is 0.000000180. The van der Waals surface area contributed by atoms with E-state index >= 15 is 0 Å². The van der Waals surface area contributed by atoms with Crippen molar-refractivity contribution < 1.29 is 10.2 Å². The highest BCUT2D eigenvalue weighted by molar-refractivity contribution is 5.50. The molecule has 6 nitrogen and oxygen atoms in total. The predicted octanol–water partition coefficient (Wildman–Crippen LogP) is 2.80. The predicted molar refractivity (Wildman–Crippen MR) is 100 cm³/mol. The molecule has 0 aromatic heterocycles. The van der Waals surface area contributed by atoms with Gasteiger partial charge in [0.2, 0.25) is 0 Å². The van der Waals surface area contributed by atoms with E-state index in [0.29, 0.717) is 11.4 Å². The molecule has 24 heavy (non-hydrogen) atoms. The first-order valence-corrected chi connectivity index (χ1v) is 7.07. The van der Waals surface area contributed by atoms with Gasteiger partial charge in [0, 0.05) is 23.1 Å². The van der Waals surface area contributed by atoms with Crippen LogP contribution in [-0.2, 0) is 0 Å². The molecule has 0 unspecified atom stereocenters. The summed E-state index contributed by atoms with van der Waals surface area (Å²) in [6.45, 7) is 0. The van der Waals surface area contributed by atoms with Crippen molar-refractivity contribution in [1.82, 2.24) is 0 Å². The van der Waals surface area contributed by atoms with Gasteiger partial charge in [-0.2, -0.15) is 0 Å². The van der Waals surface area contributed by atoms with Gasteiger partial charge in [-0.25, -0.2) is 0 Å². The van der Waals surface area contributed by atoms with E-state index in [-0.39, 0.29) is 11.5 Å². The third-order valence-corrected chi connectivity index (χ3v) is 2.74. The van der Waals surface area contributed by atoms with Crippen molar-refractivity contribution in [2.24, 2.45) is 0 Å². The number of nitrogens with two attached hydrogens (primary N) is 4. The van der Waals surface area contributed by atoms with Crippen molar-refractivity contribution in [3.63, 3.8) is 0 Å². The van der Waals surface area contributed by atoms with Crippen LogP contribution in [0.4, 0.5) is 22.7 Å². The summed E-state index contributed by atoms with van der Waals surface area (Å²) in [4.78, 5) is 0. The van der Waals surface area contributed by atoms with Crippen molar-refractivity contribution in [3.8, 4) is 11.5 Å². The molecule has 0 atom stereocenters. The lowest BCUT2D eigenvalue weighted by Gasteiger charge is -1.92. The number of rotatable bonds is 0. The van der Waals surface area contributed by atoms with Gasteiger partial charge in [0.15, 0.2) is 0 Å². The van der Waals surface area contributed by atoms with E-state index in [9.17, 15) is 0 Å². The van der Waals surface area contributed by atoms with Crippen molar-refractivity contribution in [3.05, 3.63) is 72.8 Å². The molecule has 3 aromatic carbocycles. The molecule has 0 aliphatic heterocycles. The van der Waals surface area contributed by atoms with Crippen LogP contribution in [0.3, 0.4) is 0 Å². The summed E-state index contributed by atoms with van der Waals surface area (Å²) in [5, 5.41) is 17.5. The van der Waals surface area contributed by atoms with Crippen LogP contribution in [0.25, 0.3) is 0 Å². The van der Waals surface area contributed by atoms with Gasteiger partial charge in [0.1, 0.15) is 11.5 Å². The number of benzene rings is 3. The number of hydrogen-bond acceptors (Lipinski definition) is 6. The number of anilines is 4. The Labute approximate surface area is 141 Å². The number of para-hydroxylation sites is 2. The zero-order valence-electron chi connectivity index (χ0n) is 13.1. The minimum atomic E-state index is 0.146. The smallest absolute Gasteiger partial charge is 0.138 e. The Hall–Kier alpha value is -3.54. The third-order valence-electron chi connectivity index (χ3n) is 2.74. The first-order chi connectivity index (χ1) is 11.4. The third kappa shape index (κ3) is 7.46. The molecule has 3 aromatic rings. The van der Waals surface area contributed by atoms with Crippen LogP contribution < -0.4 is 22.9 Å². The van der Waals surface area contributed by atoms with E-state index in [2.05, 4.69) is 0 Å². The first kappa shape index (κ1) is 18.5. The number of hydrogen-bond donors (Lipinski definition) is 6. The van der Waals surface area contributed by atoms with Crippen molar-refractivity contribution in [2.45, 2.75) is 0 Å². The normalized spacial score (nSPS) is 9.00. The highest BCUT2D eigenvalue weighted by Crippen LogP contribution is 2.16. The number of phenolic OH excluding ortho intramolecular Hbond substituents is 2. The molecule has 0 aliphatic carbocycles. The maximum absolute atomic E-state index is 8.79. The Morgan fingerprint density at radius 1 is 0.542 bits per heavy atom. The fraction of sp³-hybridized carbons (Fsp3) is 0. The molecule has 0 aliphatic rings. The molecule has 0 amide bonds. The molecule has 0 spiro atoms. The fourth-order valence-corrected chi connectivity index (χ4v) is 1.51. The molecule has 126 valence electrons. The van der Waals surface area contributed by atoms with Gasteiger partial charge in [-0.15, -0.1) is 0 Å². The van der Waals surface area contributed by atoms with Crippen LogP contribution in [0.5, 0.6) is 11.5 Å². The monoisotopic (exact) mass is 326 g/mol. The fourth-order valence-electron chi connectivity index (χ4n) is 1.51. The van der Waals surface area contributed by atoms with Crippen molar-refractivity contribution in [1.29, 1.82) is 0 Å². The van der Waals surface area contributed by atoms with Gasteiger partial charge in [0.25, 0.3) is 0 Å². The van der Waals surface area contributed by atoms with E-state index in [4.69, 9.17) is 33.1 Å². The second-order valence-electron chi connectivity index (χ2n) is 4.82. The summed E-state index contributed by atoms with van der Waals surface area (Å²) in [6.07, 6.45) is 0. The second-order valence-corrected chi connectivity index (χ2v) is 4.82. The SMILES string of the molecule is Nc1ccc(N)cc1.Nc1cccc(O)c1.Nc1ccccc1O. The second kappa shape index (κ2) is 9.47. The molecule has 3 rings (SSSR count). The number of phenols is 2. The van der Waals surface area contributed by atoms with Crippen LogP contribution in [0, 0.1) is 0 Å². The van der Waals surface area contributed by atoms with E-state index in [1.807, 2.05) is 0 Å². The molecule has 0 bridgehead atoms. The molecule has 0 heterocycles. The molecule has 0 saturated heterocycles. The van der Waals surface area contributed by atoms with E-state index < -0.39 is 0 Å². The Kier molecular flexibility index (Phi) is 7.30. The molecule has 0 radical (unpaired) electrons. The first-order valence-electron chi connectivity index (χ1n) is 7.07. The van der Waals surface area contributed by atoms with Gasteiger partial charge in [-0.05, 0) is 48.5 Å². The van der Waals surface area contributed by atoms with E-state index in [1.54, 1.807) is 66.7 Å². The summed E-state index contributed by atoms with van der Waals surface area (Å²) in [5.74, 6) is 0.359. The molecule has 10 N–H and O–H groups in total. The Morgan fingerprint density at radius 2 is 1.08 bits per heavy atom. The Bertz CT molecular complexity index is 687. The van der Waals surface area contributed by atoms with Gasteiger partial charge in [0.05, 0.1) is 5.69 Å². The van der Waals surface area contributed by atoms with Gasteiger partial charge >= 0.3 is 0 Å². The van der Waals surface area contributed by atoms with E-state index in [1.165, 1.54) is 6.07 Å². The largest absolute Gasteiger partial charge is 0.508 e. The summed E-state index contributed by atoms with van der Waals surface area (Å²) < 4.78 is 0. The maximum atomic E-state index is 8.79. The number of nitrogen functional groups attached to an aromatic ring is 4. The minimum absolute atomic E-state index is 0.146. The minimum Gasteiger partial charge on any atom is -0.508 e. The molecule has 6 heteroatoms. The average molecular weight is 326 g/mol. The summed E-state index contributed by atoms with van der Waals surface area (Å²) >= 11 is 0. The topological polar surface area (TPSA) is 145 Å². The standard InChI is InChI=1S/C6H8N2.2C6H7NO/c7-5-1-2-6(8)4-3-5;7-5-2-1-3-6(8)4-5;7-5-3-1-2-4-6(5)8/h1-4H,7-8H2;2*1-4,8H,7H2.